The molecule has 0 bridgehead atoms. The van der Waals surface area contributed by atoms with E-state index in [0.717, 1.165) is 50.5 Å². The Hall–Kier alpha value is -4.70. The SMILES string of the molecule is Cc1cccc(OCCCN2CCN(c3ccccn3)CC2)c1NC(=O)Nc1cccc(Oc2ncccn2)c1. The predicted octanol–water partition coefficient (Wildman–Crippen LogP) is 5.21. The summed E-state index contributed by atoms with van der Waals surface area (Å²) in [4.78, 5) is 30.2. The van der Waals surface area contributed by atoms with Gasteiger partial charge in [0.2, 0.25) is 0 Å². The van der Waals surface area contributed by atoms with Gasteiger partial charge in [0.1, 0.15) is 17.3 Å². The number of carbonyl (C=O) groups is 1. The molecule has 2 aromatic heterocycles. The summed E-state index contributed by atoms with van der Waals surface area (Å²) in [6.45, 7) is 7.38. The number of nitrogens with zero attached hydrogens (tertiary/aromatic N) is 5. The van der Waals surface area contributed by atoms with Gasteiger partial charge in [0.15, 0.2) is 0 Å². The first kappa shape index (κ1) is 26.9. The molecule has 0 aliphatic carbocycles. The lowest BCUT2D eigenvalue weighted by Crippen LogP contribution is -2.47. The molecule has 10 nitrogen and oxygen atoms in total. The zero-order chi connectivity index (χ0) is 27.6. The third-order valence-corrected chi connectivity index (χ3v) is 6.54. The number of urea groups is 1. The lowest BCUT2D eigenvalue weighted by Gasteiger charge is -2.35. The van der Waals surface area contributed by atoms with Crippen molar-refractivity contribution in [2.75, 3.05) is 54.9 Å². The number of hydrogen-bond donors (Lipinski definition) is 2. The third kappa shape index (κ3) is 7.45. The first-order valence-electron chi connectivity index (χ1n) is 13.4. The normalized spacial score (nSPS) is 13.5. The van der Waals surface area contributed by atoms with E-state index >= 15 is 0 Å². The monoisotopic (exact) mass is 539 g/mol. The van der Waals surface area contributed by atoms with Gasteiger partial charge in [-0.25, -0.2) is 19.7 Å². The van der Waals surface area contributed by atoms with Crippen molar-refractivity contribution in [3.05, 3.63) is 90.9 Å². The molecule has 4 aromatic rings. The highest BCUT2D eigenvalue weighted by Gasteiger charge is 2.18. The summed E-state index contributed by atoms with van der Waals surface area (Å²) in [5.74, 6) is 2.20. The van der Waals surface area contributed by atoms with Gasteiger partial charge in [0, 0.05) is 63.1 Å². The molecular formula is C30H33N7O3. The van der Waals surface area contributed by atoms with Gasteiger partial charge >= 0.3 is 12.0 Å². The van der Waals surface area contributed by atoms with Crippen LogP contribution in [0.5, 0.6) is 17.5 Å². The molecule has 1 aliphatic heterocycles. The Kier molecular flexibility index (Phi) is 9.00. The van der Waals surface area contributed by atoms with Crippen LogP contribution in [0.15, 0.2) is 85.3 Å². The van der Waals surface area contributed by atoms with E-state index in [9.17, 15) is 4.79 Å². The van der Waals surface area contributed by atoms with Crippen LogP contribution in [0.4, 0.5) is 22.0 Å². The number of nitrogens with one attached hydrogen (secondary N) is 2. The van der Waals surface area contributed by atoms with Gasteiger partial charge in [-0.2, -0.15) is 0 Å². The fraction of sp³-hybridized carbons (Fsp3) is 0.267. The van der Waals surface area contributed by atoms with Crippen LogP contribution < -0.4 is 25.0 Å². The molecule has 0 atom stereocenters. The predicted molar refractivity (Wildman–Crippen MR) is 155 cm³/mol. The van der Waals surface area contributed by atoms with Crippen molar-refractivity contribution < 1.29 is 14.3 Å². The summed E-state index contributed by atoms with van der Waals surface area (Å²) in [5, 5.41) is 5.80. The van der Waals surface area contributed by atoms with E-state index in [1.165, 1.54) is 0 Å². The quantitative estimate of drug-likeness (QED) is 0.265. The van der Waals surface area contributed by atoms with Crippen molar-refractivity contribution >= 4 is 23.2 Å². The van der Waals surface area contributed by atoms with E-state index in [2.05, 4.69) is 41.5 Å². The van der Waals surface area contributed by atoms with Crippen LogP contribution in [0.1, 0.15) is 12.0 Å². The maximum absolute atomic E-state index is 12.9. The fourth-order valence-corrected chi connectivity index (χ4v) is 4.49. The highest BCUT2D eigenvalue weighted by molar-refractivity contribution is 6.01. The third-order valence-electron chi connectivity index (χ3n) is 6.54. The Morgan fingerprint density at radius 1 is 0.875 bits per heavy atom. The number of para-hydroxylation sites is 1. The first-order valence-corrected chi connectivity index (χ1v) is 13.4. The second-order valence-corrected chi connectivity index (χ2v) is 9.41. The number of anilines is 3. The molecule has 5 rings (SSSR count). The van der Waals surface area contributed by atoms with Crippen LogP contribution in [0.2, 0.25) is 0 Å². The zero-order valence-corrected chi connectivity index (χ0v) is 22.5. The summed E-state index contributed by atoms with van der Waals surface area (Å²) < 4.78 is 11.8. The van der Waals surface area contributed by atoms with Crippen LogP contribution in [-0.4, -0.2) is 65.2 Å². The van der Waals surface area contributed by atoms with Gasteiger partial charge in [0.25, 0.3) is 0 Å². The Bertz CT molecular complexity index is 1380. The topological polar surface area (TPSA) is 105 Å². The summed E-state index contributed by atoms with van der Waals surface area (Å²) in [7, 11) is 0. The number of amides is 2. The second-order valence-electron chi connectivity index (χ2n) is 9.41. The molecule has 1 saturated heterocycles. The molecule has 206 valence electrons. The maximum Gasteiger partial charge on any atom is 0.323 e. The number of carbonyl (C=O) groups excluding carboxylic acids is 1. The van der Waals surface area contributed by atoms with E-state index in [4.69, 9.17) is 9.47 Å². The molecule has 2 amide bonds. The van der Waals surface area contributed by atoms with E-state index in [0.29, 0.717) is 29.5 Å². The standard InChI is InChI=1S/C30H33N7O3/c1-23-8-4-11-26(39-21-7-16-36-17-19-37(20-18-36)27-12-2-3-13-31-27)28(23)35-29(38)34-24-9-5-10-25(22-24)40-30-32-14-6-15-33-30/h2-6,8-15,22H,7,16-21H2,1H3,(H2,34,35,38). The van der Waals surface area contributed by atoms with Crippen LogP contribution in [0.3, 0.4) is 0 Å². The molecule has 3 heterocycles. The highest BCUT2D eigenvalue weighted by atomic mass is 16.5. The van der Waals surface area contributed by atoms with Gasteiger partial charge in [-0.15, -0.1) is 0 Å². The van der Waals surface area contributed by atoms with Crippen molar-refractivity contribution in [3.63, 3.8) is 0 Å². The second kappa shape index (κ2) is 13.4. The number of piperazine rings is 1. The van der Waals surface area contributed by atoms with Gasteiger partial charge in [-0.3, -0.25) is 4.90 Å². The minimum atomic E-state index is -0.377. The van der Waals surface area contributed by atoms with Crippen LogP contribution in [0.25, 0.3) is 0 Å². The zero-order valence-electron chi connectivity index (χ0n) is 22.5. The van der Waals surface area contributed by atoms with Crippen molar-refractivity contribution in [1.82, 2.24) is 19.9 Å². The fourth-order valence-electron chi connectivity index (χ4n) is 4.49. The van der Waals surface area contributed by atoms with E-state index in [1.807, 2.05) is 43.5 Å². The lowest BCUT2D eigenvalue weighted by molar-refractivity contribution is 0.224. The van der Waals surface area contributed by atoms with Crippen LogP contribution >= 0.6 is 0 Å². The number of pyridine rings is 1. The Labute approximate surface area is 234 Å². The Balaban J connectivity index is 1.09. The molecule has 2 aromatic carbocycles. The minimum Gasteiger partial charge on any atom is -0.491 e. The number of hydrogen-bond acceptors (Lipinski definition) is 8. The van der Waals surface area contributed by atoms with E-state index in [1.54, 1.807) is 42.7 Å². The first-order chi connectivity index (χ1) is 19.6. The molecule has 0 spiro atoms. The van der Waals surface area contributed by atoms with E-state index in [-0.39, 0.29) is 12.0 Å². The van der Waals surface area contributed by atoms with Crippen molar-refractivity contribution in [2.24, 2.45) is 0 Å². The molecule has 0 radical (unpaired) electrons. The Morgan fingerprint density at radius 3 is 2.48 bits per heavy atom. The van der Waals surface area contributed by atoms with Crippen LogP contribution in [0, 0.1) is 6.92 Å². The van der Waals surface area contributed by atoms with Crippen molar-refractivity contribution in [1.29, 1.82) is 0 Å². The van der Waals surface area contributed by atoms with Gasteiger partial charge in [-0.05, 0) is 55.3 Å². The number of aryl methyl sites for hydroxylation is 1. The van der Waals surface area contributed by atoms with Gasteiger partial charge in [0.05, 0.1) is 12.3 Å². The number of aromatic nitrogens is 3. The largest absolute Gasteiger partial charge is 0.491 e. The average Bonchev–Trinajstić information content (AvgIpc) is 2.98. The molecule has 40 heavy (non-hydrogen) atoms. The number of ether oxygens (including phenoxy) is 2. The summed E-state index contributed by atoms with van der Waals surface area (Å²) in [5.41, 5.74) is 2.13. The Morgan fingerprint density at radius 2 is 1.68 bits per heavy atom. The smallest absolute Gasteiger partial charge is 0.323 e. The van der Waals surface area contributed by atoms with Crippen molar-refractivity contribution in [3.8, 4) is 17.5 Å². The molecule has 10 heteroatoms. The van der Waals surface area contributed by atoms with Gasteiger partial charge in [-0.1, -0.05) is 24.3 Å². The van der Waals surface area contributed by atoms with Crippen LogP contribution in [-0.2, 0) is 0 Å². The molecule has 1 aliphatic rings. The summed E-state index contributed by atoms with van der Waals surface area (Å²) in [6.07, 6.45) is 5.93. The molecule has 0 unspecified atom stereocenters. The maximum atomic E-state index is 12.9. The lowest BCUT2D eigenvalue weighted by atomic mass is 10.2. The number of benzene rings is 2. The molecule has 0 saturated carbocycles. The molecule has 2 N–H and O–H groups in total. The minimum absolute atomic E-state index is 0.234. The molecular weight excluding hydrogens is 506 g/mol. The average molecular weight is 540 g/mol. The van der Waals surface area contributed by atoms with E-state index < -0.39 is 0 Å². The summed E-state index contributed by atoms with van der Waals surface area (Å²) in [6, 6.07) is 20.4. The number of rotatable bonds is 10. The van der Waals surface area contributed by atoms with Gasteiger partial charge < -0.3 is 25.0 Å². The van der Waals surface area contributed by atoms with Crippen molar-refractivity contribution in [2.45, 2.75) is 13.3 Å². The molecule has 1 fully saturated rings. The highest BCUT2D eigenvalue weighted by Crippen LogP contribution is 2.29. The summed E-state index contributed by atoms with van der Waals surface area (Å²) >= 11 is 0.